The van der Waals surface area contributed by atoms with Gasteiger partial charge in [0, 0.05) is 17.8 Å². The molecule has 0 aliphatic carbocycles. The van der Waals surface area contributed by atoms with Gasteiger partial charge in [0.1, 0.15) is 17.5 Å². The minimum atomic E-state index is 0.308. The summed E-state index contributed by atoms with van der Waals surface area (Å²) in [6, 6.07) is 7.52. The van der Waals surface area contributed by atoms with Gasteiger partial charge in [-0.25, -0.2) is 9.97 Å². The number of nitrogens with zero attached hydrogens (tertiary/aromatic N) is 2. The van der Waals surface area contributed by atoms with Crippen LogP contribution in [0.5, 0.6) is 0 Å². The molecule has 1 heterocycles. The Balaban J connectivity index is 2.24. The number of aromatic nitrogens is 2. The van der Waals surface area contributed by atoms with Gasteiger partial charge in [-0.2, -0.15) is 0 Å². The fourth-order valence-electron chi connectivity index (χ4n) is 1.72. The van der Waals surface area contributed by atoms with Crippen LogP contribution in [0.25, 0.3) is 0 Å². The van der Waals surface area contributed by atoms with Crippen molar-refractivity contribution in [1.29, 1.82) is 0 Å². The highest BCUT2D eigenvalue weighted by Crippen LogP contribution is 2.27. The monoisotopic (exact) mass is 310 g/mol. The molecule has 0 aliphatic rings. The molecule has 4 nitrogen and oxygen atoms in total. The number of benzene rings is 1. The molecule has 0 spiro atoms. The summed E-state index contributed by atoms with van der Waals surface area (Å²) in [5.74, 6) is 2.19. The Bertz CT molecular complexity index is 614. The molecular formula is C14H16Cl2N4. The van der Waals surface area contributed by atoms with Crippen molar-refractivity contribution < 1.29 is 0 Å². The van der Waals surface area contributed by atoms with E-state index in [4.69, 9.17) is 23.2 Å². The van der Waals surface area contributed by atoms with Crippen molar-refractivity contribution in [3.63, 3.8) is 0 Å². The first-order chi connectivity index (χ1) is 9.44. The van der Waals surface area contributed by atoms with Gasteiger partial charge in [-0.1, -0.05) is 23.2 Å². The zero-order valence-electron chi connectivity index (χ0n) is 11.5. The number of rotatable bonds is 4. The number of aryl methyl sites for hydroxylation is 1. The highest BCUT2D eigenvalue weighted by molar-refractivity contribution is 6.42. The van der Waals surface area contributed by atoms with Crippen molar-refractivity contribution in [3.8, 4) is 0 Å². The van der Waals surface area contributed by atoms with E-state index in [-0.39, 0.29) is 0 Å². The Hall–Kier alpha value is -1.52. The lowest BCUT2D eigenvalue weighted by atomic mass is 10.3. The largest absolute Gasteiger partial charge is 0.368 e. The average Bonchev–Trinajstić information content (AvgIpc) is 2.32. The number of anilines is 3. The van der Waals surface area contributed by atoms with E-state index < -0.39 is 0 Å². The molecule has 20 heavy (non-hydrogen) atoms. The lowest BCUT2D eigenvalue weighted by molar-refractivity contribution is 0.881. The Kier molecular flexibility index (Phi) is 4.68. The van der Waals surface area contributed by atoms with Crippen molar-refractivity contribution in [2.45, 2.75) is 26.8 Å². The van der Waals surface area contributed by atoms with Gasteiger partial charge in [-0.15, -0.1) is 0 Å². The molecule has 0 atom stereocenters. The summed E-state index contributed by atoms with van der Waals surface area (Å²) in [4.78, 5) is 8.69. The molecule has 106 valence electrons. The summed E-state index contributed by atoms with van der Waals surface area (Å²) < 4.78 is 0. The van der Waals surface area contributed by atoms with Crippen LogP contribution < -0.4 is 10.6 Å². The SMILES string of the molecule is Cc1nc(Nc2ccc(Cl)c(Cl)c2)cc(NC(C)C)n1. The maximum Gasteiger partial charge on any atom is 0.136 e. The van der Waals surface area contributed by atoms with E-state index in [9.17, 15) is 0 Å². The van der Waals surface area contributed by atoms with Crippen LogP contribution in [0, 0.1) is 6.92 Å². The summed E-state index contributed by atoms with van der Waals surface area (Å²) in [5, 5.41) is 7.48. The molecule has 0 bridgehead atoms. The van der Waals surface area contributed by atoms with Crippen molar-refractivity contribution in [3.05, 3.63) is 40.1 Å². The van der Waals surface area contributed by atoms with Crippen LogP contribution in [-0.4, -0.2) is 16.0 Å². The van der Waals surface area contributed by atoms with Gasteiger partial charge in [0.15, 0.2) is 0 Å². The summed E-state index contributed by atoms with van der Waals surface area (Å²) >= 11 is 11.9. The summed E-state index contributed by atoms with van der Waals surface area (Å²) in [7, 11) is 0. The fraction of sp³-hybridized carbons (Fsp3) is 0.286. The Labute approximate surface area is 128 Å². The van der Waals surface area contributed by atoms with Crippen molar-refractivity contribution in [2.75, 3.05) is 10.6 Å². The highest BCUT2D eigenvalue weighted by atomic mass is 35.5. The third kappa shape index (κ3) is 3.99. The third-order valence-electron chi connectivity index (χ3n) is 2.47. The average molecular weight is 311 g/mol. The molecule has 0 aliphatic heterocycles. The van der Waals surface area contributed by atoms with Crippen LogP contribution in [0.4, 0.5) is 17.3 Å². The fourth-order valence-corrected chi connectivity index (χ4v) is 2.02. The van der Waals surface area contributed by atoms with E-state index in [0.29, 0.717) is 27.7 Å². The molecule has 0 saturated carbocycles. The quantitative estimate of drug-likeness (QED) is 0.862. The minimum absolute atomic E-state index is 0.308. The predicted molar refractivity (Wildman–Crippen MR) is 85.3 cm³/mol. The Morgan fingerprint density at radius 3 is 2.35 bits per heavy atom. The van der Waals surface area contributed by atoms with Gasteiger partial charge >= 0.3 is 0 Å². The Morgan fingerprint density at radius 1 is 1.00 bits per heavy atom. The molecular weight excluding hydrogens is 295 g/mol. The first kappa shape index (κ1) is 14.9. The maximum absolute atomic E-state index is 5.99. The second-order valence-corrected chi connectivity index (χ2v) is 5.55. The van der Waals surface area contributed by atoms with Crippen molar-refractivity contribution in [1.82, 2.24) is 9.97 Å². The first-order valence-corrected chi connectivity index (χ1v) is 7.04. The molecule has 0 unspecified atom stereocenters. The van der Waals surface area contributed by atoms with Crippen molar-refractivity contribution >= 4 is 40.5 Å². The van der Waals surface area contributed by atoms with E-state index in [0.717, 1.165) is 11.5 Å². The van der Waals surface area contributed by atoms with Crippen LogP contribution in [0.3, 0.4) is 0 Å². The Morgan fingerprint density at radius 2 is 1.70 bits per heavy atom. The molecule has 6 heteroatoms. The van der Waals surface area contributed by atoms with E-state index in [2.05, 4.69) is 34.4 Å². The highest BCUT2D eigenvalue weighted by Gasteiger charge is 2.05. The molecule has 1 aromatic carbocycles. The molecule has 2 aromatic rings. The van der Waals surface area contributed by atoms with Gasteiger partial charge < -0.3 is 10.6 Å². The lowest BCUT2D eigenvalue weighted by Crippen LogP contribution is -2.12. The van der Waals surface area contributed by atoms with Gasteiger partial charge in [0.05, 0.1) is 10.0 Å². The zero-order chi connectivity index (χ0) is 14.7. The number of halogens is 2. The first-order valence-electron chi connectivity index (χ1n) is 6.28. The molecule has 0 fully saturated rings. The van der Waals surface area contributed by atoms with Crippen LogP contribution in [0.15, 0.2) is 24.3 Å². The van der Waals surface area contributed by atoms with Crippen LogP contribution >= 0.6 is 23.2 Å². The lowest BCUT2D eigenvalue weighted by Gasteiger charge is -2.12. The van der Waals surface area contributed by atoms with Gasteiger partial charge in [0.2, 0.25) is 0 Å². The summed E-state index contributed by atoms with van der Waals surface area (Å²) in [5.41, 5.74) is 0.827. The van der Waals surface area contributed by atoms with E-state index in [1.807, 2.05) is 19.1 Å². The summed E-state index contributed by atoms with van der Waals surface area (Å²) in [6.07, 6.45) is 0. The molecule has 0 radical (unpaired) electrons. The van der Waals surface area contributed by atoms with Crippen molar-refractivity contribution in [2.24, 2.45) is 0 Å². The van der Waals surface area contributed by atoms with E-state index in [1.165, 1.54) is 0 Å². The van der Waals surface area contributed by atoms with E-state index in [1.54, 1.807) is 12.1 Å². The van der Waals surface area contributed by atoms with Gasteiger partial charge in [0.25, 0.3) is 0 Å². The second-order valence-electron chi connectivity index (χ2n) is 4.74. The van der Waals surface area contributed by atoms with Crippen LogP contribution in [-0.2, 0) is 0 Å². The minimum Gasteiger partial charge on any atom is -0.368 e. The van der Waals surface area contributed by atoms with Gasteiger partial charge in [-0.05, 0) is 39.0 Å². The van der Waals surface area contributed by atoms with Gasteiger partial charge in [-0.3, -0.25) is 0 Å². The second kappa shape index (κ2) is 6.29. The maximum atomic E-state index is 5.99. The zero-order valence-corrected chi connectivity index (χ0v) is 13.0. The molecule has 0 saturated heterocycles. The number of hydrogen-bond donors (Lipinski definition) is 2. The molecule has 1 aromatic heterocycles. The third-order valence-corrected chi connectivity index (χ3v) is 3.21. The van der Waals surface area contributed by atoms with Crippen LogP contribution in [0.2, 0.25) is 10.0 Å². The van der Waals surface area contributed by atoms with Crippen LogP contribution in [0.1, 0.15) is 19.7 Å². The van der Waals surface area contributed by atoms with E-state index >= 15 is 0 Å². The number of nitrogens with one attached hydrogen (secondary N) is 2. The normalized spacial score (nSPS) is 10.7. The molecule has 0 amide bonds. The molecule has 2 rings (SSSR count). The summed E-state index contributed by atoms with van der Waals surface area (Å²) in [6.45, 7) is 5.97. The smallest absolute Gasteiger partial charge is 0.136 e. The topological polar surface area (TPSA) is 49.8 Å². The standard InChI is InChI=1S/C14H16Cl2N4/c1-8(2)17-13-7-14(19-9(3)18-13)20-10-4-5-11(15)12(16)6-10/h4-8H,1-3H3,(H2,17,18,19,20). The molecule has 2 N–H and O–H groups in total. The number of hydrogen-bond acceptors (Lipinski definition) is 4. The predicted octanol–water partition coefficient (Wildman–Crippen LogP) is 4.66.